The molecule has 2 nitrogen and oxygen atoms in total. The van der Waals surface area contributed by atoms with Gasteiger partial charge >= 0.3 is 0 Å². The highest BCUT2D eigenvalue weighted by molar-refractivity contribution is 4.55. The predicted molar refractivity (Wildman–Crippen MR) is 78.8 cm³/mol. The van der Waals surface area contributed by atoms with Crippen LogP contribution in [0.2, 0.25) is 0 Å². The van der Waals surface area contributed by atoms with E-state index in [-0.39, 0.29) is 6.10 Å². The van der Waals surface area contributed by atoms with Crippen molar-refractivity contribution >= 4 is 0 Å². The standard InChI is InChI=1S/C16H34O2/c1-2-13-16(18)14-11-9-7-5-3-4-6-8-10-12-15-17/h16-18H,2-15H2,1H3. The van der Waals surface area contributed by atoms with E-state index in [0.29, 0.717) is 6.61 Å². The Morgan fingerprint density at radius 3 is 1.56 bits per heavy atom. The van der Waals surface area contributed by atoms with Crippen molar-refractivity contribution in [1.29, 1.82) is 0 Å². The van der Waals surface area contributed by atoms with Crippen molar-refractivity contribution in [3.05, 3.63) is 0 Å². The molecule has 0 heterocycles. The molecule has 1 atom stereocenters. The van der Waals surface area contributed by atoms with Crippen molar-refractivity contribution in [3.63, 3.8) is 0 Å². The Kier molecular flexibility index (Phi) is 14.9. The van der Waals surface area contributed by atoms with E-state index in [1.165, 1.54) is 57.8 Å². The van der Waals surface area contributed by atoms with E-state index < -0.39 is 0 Å². The monoisotopic (exact) mass is 258 g/mol. The van der Waals surface area contributed by atoms with Gasteiger partial charge in [0.05, 0.1) is 6.10 Å². The van der Waals surface area contributed by atoms with Crippen molar-refractivity contribution in [3.8, 4) is 0 Å². The Bertz CT molecular complexity index is 148. The molecule has 110 valence electrons. The van der Waals surface area contributed by atoms with Crippen LogP contribution < -0.4 is 0 Å². The summed E-state index contributed by atoms with van der Waals surface area (Å²) in [4.78, 5) is 0. The molecule has 2 N–H and O–H groups in total. The first-order chi connectivity index (χ1) is 8.81. The van der Waals surface area contributed by atoms with E-state index in [4.69, 9.17) is 5.11 Å². The van der Waals surface area contributed by atoms with Crippen LogP contribution in [0, 0.1) is 0 Å². The second-order valence-electron chi connectivity index (χ2n) is 5.49. The molecule has 18 heavy (non-hydrogen) atoms. The van der Waals surface area contributed by atoms with Crippen molar-refractivity contribution in [2.45, 2.75) is 96.5 Å². The largest absolute Gasteiger partial charge is 0.396 e. The lowest BCUT2D eigenvalue weighted by molar-refractivity contribution is 0.150. The van der Waals surface area contributed by atoms with E-state index in [1.54, 1.807) is 0 Å². The van der Waals surface area contributed by atoms with Gasteiger partial charge in [0, 0.05) is 6.61 Å². The summed E-state index contributed by atoms with van der Waals surface area (Å²) >= 11 is 0. The molecule has 0 aliphatic carbocycles. The topological polar surface area (TPSA) is 40.5 Å². The summed E-state index contributed by atoms with van der Waals surface area (Å²) in [5.41, 5.74) is 0. The number of hydrogen-bond donors (Lipinski definition) is 2. The number of hydrogen-bond acceptors (Lipinski definition) is 2. The van der Waals surface area contributed by atoms with Crippen LogP contribution in [-0.4, -0.2) is 22.9 Å². The number of aliphatic hydroxyl groups is 2. The lowest BCUT2D eigenvalue weighted by atomic mass is 10.0. The van der Waals surface area contributed by atoms with E-state index in [1.807, 2.05) is 0 Å². The summed E-state index contributed by atoms with van der Waals surface area (Å²) < 4.78 is 0. The fourth-order valence-electron chi connectivity index (χ4n) is 2.38. The van der Waals surface area contributed by atoms with Gasteiger partial charge in [-0.15, -0.1) is 0 Å². The molecule has 1 unspecified atom stereocenters. The molecule has 2 heteroatoms. The van der Waals surface area contributed by atoms with E-state index in [9.17, 15) is 5.11 Å². The third-order valence-corrected chi connectivity index (χ3v) is 3.57. The van der Waals surface area contributed by atoms with Gasteiger partial charge in [-0.25, -0.2) is 0 Å². The minimum Gasteiger partial charge on any atom is -0.396 e. The molecule has 0 aliphatic heterocycles. The molecule has 0 saturated carbocycles. The molecule has 0 fully saturated rings. The molecule has 0 aromatic heterocycles. The number of aliphatic hydroxyl groups excluding tert-OH is 2. The van der Waals surface area contributed by atoms with Crippen molar-refractivity contribution in [2.75, 3.05) is 6.61 Å². The first kappa shape index (κ1) is 17.9. The predicted octanol–water partition coefficient (Wildman–Crippen LogP) is 4.43. The summed E-state index contributed by atoms with van der Waals surface area (Å²) in [7, 11) is 0. The van der Waals surface area contributed by atoms with Gasteiger partial charge in [0.15, 0.2) is 0 Å². The molecule has 0 aromatic rings. The smallest absolute Gasteiger partial charge is 0.0540 e. The summed E-state index contributed by atoms with van der Waals surface area (Å²) in [5, 5.41) is 18.2. The third-order valence-electron chi connectivity index (χ3n) is 3.57. The molecule has 0 spiro atoms. The maximum absolute atomic E-state index is 9.57. The zero-order chi connectivity index (χ0) is 13.5. The Morgan fingerprint density at radius 2 is 1.11 bits per heavy atom. The van der Waals surface area contributed by atoms with Gasteiger partial charge in [-0.2, -0.15) is 0 Å². The summed E-state index contributed by atoms with van der Waals surface area (Å²) in [6.45, 7) is 2.48. The fourth-order valence-corrected chi connectivity index (χ4v) is 2.38. The van der Waals surface area contributed by atoms with E-state index >= 15 is 0 Å². The van der Waals surface area contributed by atoms with Crippen LogP contribution in [0.25, 0.3) is 0 Å². The van der Waals surface area contributed by atoms with Gasteiger partial charge in [0.25, 0.3) is 0 Å². The normalized spacial score (nSPS) is 12.8. The zero-order valence-electron chi connectivity index (χ0n) is 12.4. The van der Waals surface area contributed by atoms with E-state index in [0.717, 1.165) is 25.7 Å². The quantitative estimate of drug-likeness (QED) is 0.452. The van der Waals surface area contributed by atoms with Gasteiger partial charge in [0.2, 0.25) is 0 Å². The molecule has 0 amide bonds. The Morgan fingerprint density at radius 1 is 0.667 bits per heavy atom. The highest BCUT2D eigenvalue weighted by atomic mass is 16.3. The van der Waals surface area contributed by atoms with Crippen LogP contribution in [0.4, 0.5) is 0 Å². The molecular weight excluding hydrogens is 224 g/mol. The first-order valence-corrected chi connectivity index (χ1v) is 8.10. The van der Waals surface area contributed by atoms with Crippen LogP contribution >= 0.6 is 0 Å². The molecule has 0 rings (SSSR count). The van der Waals surface area contributed by atoms with E-state index in [2.05, 4.69) is 6.92 Å². The lowest BCUT2D eigenvalue weighted by Crippen LogP contribution is -2.04. The zero-order valence-corrected chi connectivity index (χ0v) is 12.4. The molecule has 0 aromatic carbocycles. The second kappa shape index (κ2) is 15.0. The molecule has 0 radical (unpaired) electrons. The molecular formula is C16H34O2. The van der Waals surface area contributed by atoms with Crippen molar-refractivity contribution in [2.24, 2.45) is 0 Å². The highest BCUT2D eigenvalue weighted by Crippen LogP contribution is 2.13. The van der Waals surface area contributed by atoms with Gasteiger partial charge in [-0.1, -0.05) is 71.1 Å². The van der Waals surface area contributed by atoms with Gasteiger partial charge < -0.3 is 10.2 Å². The average molecular weight is 258 g/mol. The Hall–Kier alpha value is -0.0800. The van der Waals surface area contributed by atoms with Crippen molar-refractivity contribution < 1.29 is 10.2 Å². The average Bonchev–Trinajstić information content (AvgIpc) is 2.36. The minimum absolute atomic E-state index is 0.0541. The van der Waals surface area contributed by atoms with Gasteiger partial charge in [-0.05, 0) is 19.3 Å². The Labute approximate surface area is 114 Å². The van der Waals surface area contributed by atoms with Crippen molar-refractivity contribution in [1.82, 2.24) is 0 Å². The maximum Gasteiger partial charge on any atom is 0.0540 e. The van der Waals surface area contributed by atoms with Crippen LogP contribution in [-0.2, 0) is 0 Å². The van der Waals surface area contributed by atoms with Crippen LogP contribution in [0.1, 0.15) is 90.4 Å². The fraction of sp³-hybridized carbons (Fsp3) is 1.00. The molecule has 0 bridgehead atoms. The Balaban J connectivity index is 2.98. The third kappa shape index (κ3) is 14.0. The minimum atomic E-state index is -0.0541. The lowest BCUT2D eigenvalue weighted by Gasteiger charge is -2.08. The second-order valence-corrected chi connectivity index (χ2v) is 5.49. The van der Waals surface area contributed by atoms with Crippen LogP contribution in [0.3, 0.4) is 0 Å². The summed E-state index contributed by atoms with van der Waals surface area (Å²) in [6.07, 6.45) is 15.6. The van der Waals surface area contributed by atoms with Gasteiger partial charge in [-0.3, -0.25) is 0 Å². The SMILES string of the molecule is CCCC(O)CCCCCCCCCCCCO. The summed E-state index contributed by atoms with van der Waals surface area (Å²) in [6, 6.07) is 0. The van der Waals surface area contributed by atoms with Gasteiger partial charge in [0.1, 0.15) is 0 Å². The molecule has 0 saturated heterocycles. The maximum atomic E-state index is 9.57. The van der Waals surface area contributed by atoms with Crippen LogP contribution in [0.5, 0.6) is 0 Å². The first-order valence-electron chi connectivity index (χ1n) is 8.10. The molecule has 0 aliphatic rings. The number of unbranched alkanes of at least 4 members (excludes halogenated alkanes) is 9. The highest BCUT2D eigenvalue weighted by Gasteiger charge is 2.01. The summed E-state index contributed by atoms with van der Waals surface area (Å²) in [5.74, 6) is 0. The van der Waals surface area contributed by atoms with Crippen LogP contribution in [0.15, 0.2) is 0 Å². The number of rotatable bonds is 14.